The van der Waals surface area contributed by atoms with Crippen LogP contribution in [0, 0.1) is 6.92 Å². The molecular formula is C19H21N3O3S3. The highest BCUT2D eigenvalue weighted by Gasteiger charge is 2.42. The van der Waals surface area contributed by atoms with Crippen molar-refractivity contribution in [2.24, 2.45) is 4.99 Å². The van der Waals surface area contributed by atoms with Crippen molar-refractivity contribution < 1.29 is 13.2 Å². The number of benzene rings is 1. The minimum absolute atomic E-state index is 0.0181. The number of amidine groups is 1. The number of aryl methyl sites for hydroxylation is 1. The average molecular weight is 436 g/mol. The van der Waals surface area contributed by atoms with Crippen molar-refractivity contribution >= 4 is 49.7 Å². The molecule has 4 rings (SSSR count). The number of rotatable bonds is 5. The molecule has 0 saturated carbocycles. The van der Waals surface area contributed by atoms with Gasteiger partial charge in [-0.1, -0.05) is 11.8 Å². The van der Waals surface area contributed by atoms with Crippen molar-refractivity contribution in [3.05, 3.63) is 51.7 Å². The molecule has 0 radical (unpaired) electrons. The summed E-state index contributed by atoms with van der Waals surface area (Å²) in [5.41, 5.74) is 2.71. The molecule has 2 aliphatic heterocycles. The Morgan fingerprint density at radius 3 is 2.68 bits per heavy atom. The first-order valence-corrected chi connectivity index (χ1v) is 12.6. The van der Waals surface area contributed by atoms with Crippen molar-refractivity contribution in [3.63, 3.8) is 0 Å². The second kappa shape index (κ2) is 7.88. The molecule has 9 heteroatoms. The molecule has 6 nitrogen and oxygen atoms in total. The van der Waals surface area contributed by atoms with Gasteiger partial charge >= 0.3 is 0 Å². The monoisotopic (exact) mass is 435 g/mol. The molecule has 2 N–H and O–H groups in total. The van der Waals surface area contributed by atoms with Gasteiger partial charge in [-0.05, 0) is 54.6 Å². The summed E-state index contributed by atoms with van der Waals surface area (Å²) >= 11 is 3.19. The minimum atomic E-state index is -2.94. The summed E-state index contributed by atoms with van der Waals surface area (Å²) in [5, 5.41) is 9.00. The third kappa shape index (κ3) is 4.42. The normalized spacial score (nSPS) is 22.5. The van der Waals surface area contributed by atoms with Gasteiger partial charge in [-0.3, -0.25) is 9.79 Å². The Balaban J connectivity index is 1.29. The second-order valence-electron chi connectivity index (χ2n) is 6.97. The van der Waals surface area contributed by atoms with Crippen molar-refractivity contribution in [2.45, 2.75) is 24.6 Å². The van der Waals surface area contributed by atoms with Crippen LogP contribution in [0.2, 0.25) is 0 Å². The molecule has 0 unspecified atom stereocenters. The molecule has 1 amide bonds. The van der Waals surface area contributed by atoms with Gasteiger partial charge in [0.25, 0.3) is 5.91 Å². The zero-order valence-corrected chi connectivity index (χ0v) is 17.8. The summed E-state index contributed by atoms with van der Waals surface area (Å²) in [6, 6.07) is 9.18. The lowest BCUT2D eigenvalue weighted by Gasteiger charge is -2.08. The number of thioether (sulfide) groups is 1. The van der Waals surface area contributed by atoms with Gasteiger partial charge in [-0.15, -0.1) is 11.3 Å². The van der Waals surface area contributed by atoms with Crippen LogP contribution in [0.3, 0.4) is 0 Å². The molecule has 28 heavy (non-hydrogen) atoms. The van der Waals surface area contributed by atoms with E-state index in [1.165, 1.54) is 22.2 Å². The summed E-state index contributed by atoms with van der Waals surface area (Å²) in [6.45, 7) is 2.69. The number of fused-ring (bicyclic) bond motifs is 1. The maximum Gasteiger partial charge on any atom is 0.251 e. The Hall–Kier alpha value is -1.84. The van der Waals surface area contributed by atoms with Crippen LogP contribution < -0.4 is 10.6 Å². The lowest BCUT2D eigenvalue weighted by atomic mass is 10.2. The minimum Gasteiger partial charge on any atom is -0.352 e. The Morgan fingerprint density at radius 1 is 1.21 bits per heavy atom. The molecule has 1 aromatic heterocycles. The van der Waals surface area contributed by atoms with Crippen LogP contribution in [0.4, 0.5) is 5.69 Å². The van der Waals surface area contributed by atoms with E-state index >= 15 is 0 Å². The number of nitrogens with zero attached hydrogens (tertiary/aromatic N) is 1. The second-order valence-corrected chi connectivity index (χ2v) is 11.4. The van der Waals surface area contributed by atoms with E-state index in [2.05, 4.69) is 34.0 Å². The van der Waals surface area contributed by atoms with Crippen LogP contribution in [0.5, 0.6) is 0 Å². The van der Waals surface area contributed by atoms with E-state index in [4.69, 9.17) is 0 Å². The molecule has 1 aromatic carbocycles. The molecule has 148 valence electrons. The Labute approximate surface area is 172 Å². The van der Waals surface area contributed by atoms with E-state index in [1.54, 1.807) is 23.5 Å². The third-order valence-corrected chi connectivity index (χ3v) is 9.05. The standard InChI is InChI=1S/C19H21N3O3S3/c1-12-7-9-26-16(12)6-8-20-18(23)13-2-4-14(5-3-13)21-19-22-15-10-28(24,25)11-17(15)27-19/h2-5,7,9,15,17H,6,8,10-11H2,1H3,(H,20,23)(H,21,22)/t15-,17-/m1/s1. The zero-order chi connectivity index (χ0) is 19.7. The van der Waals surface area contributed by atoms with Gasteiger partial charge in [0.2, 0.25) is 0 Å². The number of sulfone groups is 1. The maximum atomic E-state index is 12.3. The van der Waals surface area contributed by atoms with Crippen LogP contribution in [0.1, 0.15) is 20.8 Å². The summed E-state index contributed by atoms with van der Waals surface area (Å²) in [4.78, 5) is 18.1. The Kier molecular flexibility index (Phi) is 5.48. The van der Waals surface area contributed by atoms with Crippen LogP contribution in [0.25, 0.3) is 0 Å². The topological polar surface area (TPSA) is 87.6 Å². The van der Waals surface area contributed by atoms with Gasteiger partial charge < -0.3 is 10.6 Å². The molecule has 0 aliphatic carbocycles. The third-order valence-electron chi connectivity index (χ3n) is 4.82. The largest absolute Gasteiger partial charge is 0.352 e. The summed E-state index contributed by atoms with van der Waals surface area (Å²) < 4.78 is 23.3. The highest BCUT2D eigenvalue weighted by Crippen LogP contribution is 2.34. The molecule has 0 spiro atoms. The molecule has 0 bridgehead atoms. The van der Waals surface area contributed by atoms with Gasteiger partial charge in [0.15, 0.2) is 15.0 Å². The van der Waals surface area contributed by atoms with Gasteiger partial charge in [0.05, 0.1) is 17.5 Å². The van der Waals surface area contributed by atoms with Crippen molar-refractivity contribution in [1.29, 1.82) is 0 Å². The molecule has 2 aliphatic rings. The number of carbonyl (C=O) groups is 1. The van der Waals surface area contributed by atoms with E-state index in [0.29, 0.717) is 12.1 Å². The van der Waals surface area contributed by atoms with Gasteiger partial charge in [0.1, 0.15) is 0 Å². The maximum absolute atomic E-state index is 12.3. The molecular weight excluding hydrogens is 414 g/mol. The highest BCUT2D eigenvalue weighted by molar-refractivity contribution is 8.15. The molecule has 1 saturated heterocycles. The fourth-order valence-corrected chi connectivity index (χ4v) is 7.88. The van der Waals surface area contributed by atoms with Crippen LogP contribution >= 0.6 is 23.1 Å². The fourth-order valence-electron chi connectivity index (χ4n) is 3.30. The Bertz CT molecular complexity index is 1010. The first-order chi connectivity index (χ1) is 13.4. The number of nitrogens with one attached hydrogen (secondary N) is 2. The molecule has 1 fully saturated rings. The number of anilines is 1. The lowest BCUT2D eigenvalue weighted by molar-refractivity contribution is 0.0954. The van der Waals surface area contributed by atoms with Crippen molar-refractivity contribution in [2.75, 3.05) is 23.4 Å². The molecule has 2 aromatic rings. The number of hydrogen-bond acceptors (Lipinski definition) is 7. The molecule has 2 atom stereocenters. The number of carbonyl (C=O) groups excluding carboxylic acids is 1. The molecule has 3 heterocycles. The van der Waals surface area contributed by atoms with E-state index in [0.717, 1.165) is 17.3 Å². The number of aliphatic imine (C=N–C) groups is 1. The summed E-state index contributed by atoms with van der Waals surface area (Å²) in [5.74, 6) is 0.245. The summed E-state index contributed by atoms with van der Waals surface area (Å²) in [6.07, 6.45) is 0.837. The number of amides is 1. The van der Waals surface area contributed by atoms with Gasteiger partial charge in [-0.2, -0.15) is 0 Å². The van der Waals surface area contributed by atoms with E-state index in [9.17, 15) is 13.2 Å². The Morgan fingerprint density at radius 2 is 2.00 bits per heavy atom. The van der Waals surface area contributed by atoms with Crippen molar-refractivity contribution in [3.8, 4) is 0 Å². The number of hydrogen-bond donors (Lipinski definition) is 2. The quantitative estimate of drug-likeness (QED) is 0.754. The summed E-state index contributed by atoms with van der Waals surface area (Å²) in [7, 11) is -2.94. The predicted molar refractivity (Wildman–Crippen MR) is 116 cm³/mol. The van der Waals surface area contributed by atoms with Crippen LogP contribution in [-0.2, 0) is 16.3 Å². The number of thiophene rings is 1. The first kappa shape index (κ1) is 19.5. The van der Waals surface area contributed by atoms with Gasteiger partial charge in [0, 0.05) is 27.9 Å². The zero-order valence-electron chi connectivity index (χ0n) is 15.3. The highest BCUT2D eigenvalue weighted by atomic mass is 32.2. The smallest absolute Gasteiger partial charge is 0.251 e. The van der Waals surface area contributed by atoms with Crippen LogP contribution in [-0.4, -0.2) is 48.8 Å². The fraction of sp³-hybridized carbons (Fsp3) is 0.368. The predicted octanol–water partition coefficient (Wildman–Crippen LogP) is 2.71. The van der Waals surface area contributed by atoms with E-state index in [1.807, 2.05) is 12.1 Å². The average Bonchev–Trinajstić information content (AvgIpc) is 3.28. The lowest BCUT2D eigenvalue weighted by Crippen LogP contribution is -2.25. The SMILES string of the molecule is Cc1ccsc1CCNC(=O)c1ccc(NC2=N[C@@H]3CS(=O)(=O)C[C@H]3S2)cc1. The van der Waals surface area contributed by atoms with Gasteiger partial charge in [-0.25, -0.2) is 8.42 Å². The van der Waals surface area contributed by atoms with E-state index < -0.39 is 9.84 Å². The van der Waals surface area contributed by atoms with Crippen LogP contribution in [0.15, 0.2) is 40.7 Å². The first-order valence-electron chi connectivity index (χ1n) is 9.03. The van der Waals surface area contributed by atoms with E-state index in [-0.39, 0.29) is 28.7 Å². The van der Waals surface area contributed by atoms with Crippen molar-refractivity contribution in [1.82, 2.24) is 5.32 Å².